The number of rotatable bonds is 8. The average molecular weight is 493 g/mol. The molecule has 0 aliphatic carbocycles. The number of anilines is 1. The van der Waals surface area contributed by atoms with Crippen molar-refractivity contribution in [2.75, 3.05) is 23.6 Å². The lowest BCUT2D eigenvalue weighted by atomic mass is 10.3. The zero-order valence-electron chi connectivity index (χ0n) is 11.0. The summed E-state index contributed by atoms with van der Waals surface area (Å²) in [5, 5.41) is 3.18. The van der Waals surface area contributed by atoms with E-state index in [1.807, 2.05) is 0 Å². The van der Waals surface area contributed by atoms with Crippen LogP contribution >= 0.6 is 47.8 Å². The summed E-state index contributed by atoms with van der Waals surface area (Å²) in [5.41, 5.74) is 0.523. The van der Waals surface area contributed by atoms with E-state index < -0.39 is 10.0 Å². The Bertz CT molecular complexity index is 527. The summed E-state index contributed by atoms with van der Waals surface area (Å²) >= 11 is 10.1. The smallest absolute Gasteiger partial charge is 0.232 e. The van der Waals surface area contributed by atoms with Crippen LogP contribution in [0.5, 0.6) is 0 Å². The molecule has 1 aromatic carbocycles. The van der Waals surface area contributed by atoms with Gasteiger partial charge >= 0.3 is 0 Å². The SMILES string of the molecule is CCCNCCCS(=O)(=O)Nc1c(Br)cc(Br)cc1Br. The Balaban J connectivity index is 2.63. The van der Waals surface area contributed by atoms with Crippen molar-refractivity contribution in [3.8, 4) is 0 Å². The second-order valence-corrected chi connectivity index (χ2v) is 8.74. The molecule has 20 heavy (non-hydrogen) atoms. The summed E-state index contributed by atoms with van der Waals surface area (Å²) in [6, 6.07) is 3.59. The van der Waals surface area contributed by atoms with Crippen molar-refractivity contribution in [1.82, 2.24) is 5.32 Å². The van der Waals surface area contributed by atoms with E-state index in [9.17, 15) is 8.42 Å². The molecule has 0 aliphatic heterocycles. The molecule has 0 radical (unpaired) electrons. The molecule has 1 rings (SSSR count). The molecular weight excluding hydrogens is 476 g/mol. The monoisotopic (exact) mass is 490 g/mol. The minimum Gasteiger partial charge on any atom is -0.317 e. The standard InChI is InChI=1S/C12H17Br3N2O2S/c1-2-4-16-5-3-6-20(18,19)17-12-10(14)7-9(13)8-11(12)15/h7-8,16-17H,2-6H2,1H3. The zero-order chi connectivity index (χ0) is 15.2. The molecule has 0 saturated carbocycles. The topological polar surface area (TPSA) is 58.2 Å². The van der Waals surface area contributed by atoms with Crippen LogP contribution in [0.15, 0.2) is 25.6 Å². The summed E-state index contributed by atoms with van der Waals surface area (Å²) in [6.07, 6.45) is 1.63. The van der Waals surface area contributed by atoms with Crippen molar-refractivity contribution >= 4 is 63.5 Å². The van der Waals surface area contributed by atoms with Gasteiger partial charge in [-0.3, -0.25) is 4.72 Å². The Kier molecular flexibility index (Phi) is 8.04. The van der Waals surface area contributed by atoms with E-state index >= 15 is 0 Å². The fourth-order valence-corrected chi connectivity index (χ4v) is 5.41. The number of nitrogens with one attached hydrogen (secondary N) is 2. The van der Waals surface area contributed by atoms with Gasteiger partial charge in [0, 0.05) is 13.4 Å². The van der Waals surface area contributed by atoms with Gasteiger partial charge in [0.2, 0.25) is 10.0 Å². The molecule has 0 spiro atoms. The molecule has 4 nitrogen and oxygen atoms in total. The van der Waals surface area contributed by atoms with Crippen LogP contribution in [0.3, 0.4) is 0 Å². The molecular formula is C12H17Br3N2O2S. The van der Waals surface area contributed by atoms with E-state index in [0.29, 0.717) is 27.6 Å². The predicted octanol–water partition coefficient (Wildman–Crippen LogP) is 4.11. The Hall–Kier alpha value is 0.370. The predicted molar refractivity (Wildman–Crippen MR) is 94.7 cm³/mol. The quantitative estimate of drug-likeness (QED) is 0.537. The summed E-state index contributed by atoms with van der Waals surface area (Å²) in [5.74, 6) is 0.0959. The Morgan fingerprint density at radius 1 is 1.10 bits per heavy atom. The number of benzene rings is 1. The molecule has 8 heteroatoms. The van der Waals surface area contributed by atoms with E-state index in [-0.39, 0.29) is 5.75 Å². The van der Waals surface area contributed by atoms with Crippen LogP contribution in [0.2, 0.25) is 0 Å². The molecule has 0 atom stereocenters. The minimum atomic E-state index is -3.34. The average Bonchev–Trinajstić information content (AvgIpc) is 2.33. The molecule has 0 amide bonds. The molecule has 0 saturated heterocycles. The number of sulfonamides is 1. The third-order valence-corrected chi connectivity index (χ3v) is 5.51. The summed E-state index contributed by atoms with van der Waals surface area (Å²) < 4.78 is 28.9. The number of hydrogen-bond acceptors (Lipinski definition) is 3. The van der Waals surface area contributed by atoms with E-state index in [1.54, 1.807) is 12.1 Å². The molecule has 114 valence electrons. The lowest BCUT2D eigenvalue weighted by molar-refractivity contribution is 0.593. The van der Waals surface area contributed by atoms with Gasteiger partial charge in [0.15, 0.2) is 0 Å². The van der Waals surface area contributed by atoms with Gasteiger partial charge in [0.25, 0.3) is 0 Å². The van der Waals surface area contributed by atoms with Crippen LogP contribution in [0.25, 0.3) is 0 Å². The highest BCUT2D eigenvalue weighted by Crippen LogP contribution is 2.34. The van der Waals surface area contributed by atoms with Crippen molar-refractivity contribution in [3.05, 3.63) is 25.6 Å². The van der Waals surface area contributed by atoms with E-state index in [4.69, 9.17) is 0 Å². The van der Waals surface area contributed by atoms with Crippen molar-refractivity contribution in [1.29, 1.82) is 0 Å². The van der Waals surface area contributed by atoms with Crippen LogP contribution in [0.4, 0.5) is 5.69 Å². The van der Waals surface area contributed by atoms with E-state index in [2.05, 4.69) is 64.8 Å². The molecule has 0 unspecified atom stereocenters. The van der Waals surface area contributed by atoms with Gasteiger partial charge in [0.1, 0.15) is 0 Å². The molecule has 0 aliphatic rings. The fraction of sp³-hybridized carbons (Fsp3) is 0.500. The third-order valence-electron chi connectivity index (χ3n) is 2.46. The fourth-order valence-electron chi connectivity index (χ4n) is 1.54. The van der Waals surface area contributed by atoms with Gasteiger partial charge in [-0.2, -0.15) is 0 Å². The first-order valence-electron chi connectivity index (χ1n) is 6.21. The normalized spacial score (nSPS) is 11.6. The maximum absolute atomic E-state index is 12.0. The van der Waals surface area contributed by atoms with E-state index in [0.717, 1.165) is 17.4 Å². The molecule has 2 N–H and O–H groups in total. The second-order valence-electron chi connectivity index (χ2n) is 4.27. The van der Waals surface area contributed by atoms with Crippen molar-refractivity contribution in [2.24, 2.45) is 0 Å². The maximum Gasteiger partial charge on any atom is 0.232 e. The molecule has 1 aromatic rings. The Morgan fingerprint density at radius 2 is 1.70 bits per heavy atom. The van der Waals surface area contributed by atoms with Crippen LogP contribution < -0.4 is 10.0 Å². The molecule has 0 aromatic heterocycles. The largest absolute Gasteiger partial charge is 0.317 e. The molecule has 0 heterocycles. The van der Waals surface area contributed by atoms with Crippen LogP contribution in [-0.2, 0) is 10.0 Å². The highest BCUT2D eigenvalue weighted by atomic mass is 79.9. The van der Waals surface area contributed by atoms with Crippen LogP contribution in [0, 0.1) is 0 Å². The minimum absolute atomic E-state index is 0.0959. The lowest BCUT2D eigenvalue weighted by Gasteiger charge is -2.12. The molecule has 0 fully saturated rings. The van der Waals surface area contributed by atoms with Gasteiger partial charge in [-0.15, -0.1) is 0 Å². The van der Waals surface area contributed by atoms with Crippen LogP contribution in [-0.4, -0.2) is 27.3 Å². The maximum atomic E-state index is 12.0. The Morgan fingerprint density at radius 3 is 2.25 bits per heavy atom. The van der Waals surface area contributed by atoms with Gasteiger partial charge in [-0.1, -0.05) is 22.9 Å². The highest BCUT2D eigenvalue weighted by Gasteiger charge is 2.15. The first-order chi connectivity index (χ1) is 9.35. The molecule has 0 bridgehead atoms. The van der Waals surface area contributed by atoms with Crippen LogP contribution in [0.1, 0.15) is 19.8 Å². The van der Waals surface area contributed by atoms with Gasteiger partial charge in [-0.25, -0.2) is 8.42 Å². The summed E-state index contributed by atoms with van der Waals surface area (Å²) in [6.45, 7) is 3.70. The van der Waals surface area contributed by atoms with E-state index in [1.165, 1.54) is 0 Å². The zero-order valence-corrected chi connectivity index (χ0v) is 16.6. The summed E-state index contributed by atoms with van der Waals surface area (Å²) in [7, 11) is -3.34. The van der Waals surface area contributed by atoms with Crippen molar-refractivity contribution in [3.63, 3.8) is 0 Å². The first kappa shape index (κ1) is 18.4. The van der Waals surface area contributed by atoms with Crippen molar-refractivity contribution in [2.45, 2.75) is 19.8 Å². The lowest BCUT2D eigenvalue weighted by Crippen LogP contribution is -2.22. The van der Waals surface area contributed by atoms with Gasteiger partial charge in [-0.05, 0) is 69.9 Å². The Labute approximate surface area is 145 Å². The summed E-state index contributed by atoms with van der Waals surface area (Å²) in [4.78, 5) is 0. The number of hydrogen-bond donors (Lipinski definition) is 2. The first-order valence-corrected chi connectivity index (χ1v) is 10.2. The number of halogens is 3. The second kappa shape index (κ2) is 8.73. The third kappa shape index (κ3) is 6.43. The van der Waals surface area contributed by atoms with Gasteiger partial charge in [0.05, 0.1) is 11.4 Å². The highest BCUT2D eigenvalue weighted by molar-refractivity contribution is 9.11. The van der Waals surface area contributed by atoms with Crippen molar-refractivity contribution < 1.29 is 8.42 Å². The van der Waals surface area contributed by atoms with Gasteiger partial charge < -0.3 is 5.32 Å².